The van der Waals surface area contributed by atoms with E-state index in [0.29, 0.717) is 25.0 Å². The molecule has 82 valence electrons. The predicted octanol–water partition coefficient (Wildman–Crippen LogP) is 0.267. The van der Waals surface area contributed by atoms with Gasteiger partial charge in [-0.25, -0.2) is 0 Å². The Labute approximate surface area is 85.2 Å². The molecule has 0 bridgehead atoms. The molecule has 0 radical (unpaired) electrons. The van der Waals surface area contributed by atoms with Gasteiger partial charge in [0.05, 0.1) is 0 Å². The minimum atomic E-state index is 0.127. The van der Waals surface area contributed by atoms with Crippen LogP contribution in [0.15, 0.2) is 0 Å². The van der Waals surface area contributed by atoms with Gasteiger partial charge in [0.1, 0.15) is 0 Å². The third-order valence-electron chi connectivity index (χ3n) is 2.61. The molecule has 1 amide bonds. The van der Waals surface area contributed by atoms with Gasteiger partial charge in [0.25, 0.3) is 0 Å². The van der Waals surface area contributed by atoms with Crippen molar-refractivity contribution in [2.24, 2.45) is 11.7 Å². The molecule has 0 saturated heterocycles. The Morgan fingerprint density at radius 3 is 2.86 bits per heavy atom. The van der Waals surface area contributed by atoms with Crippen LogP contribution < -0.4 is 11.1 Å². The summed E-state index contributed by atoms with van der Waals surface area (Å²) < 4.78 is 4.87. The molecule has 0 atom stereocenters. The molecule has 0 spiro atoms. The summed E-state index contributed by atoms with van der Waals surface area (Å²) in [4.78, 5) is 11.2. The number of amides is 1. The summed E-state index contributed by atoms with van der Waals surface area (Å²) in [5.74, 6) is 0.735. The lowest BCUT2D eigenvalue weighted by Crippen LogP contribution is -2.42. The van der Waals surface area contributed by atoms with E-state index in [4.69, 9.17) is 10.5 Å². The number of methoxy groups -OCH3 is 1. The fraction of sp³-hybridized carbons (Fsp3) is 0.900. The molecule has 4 nitrogen and oxygen atoms in total. The van der Waals surface area contributed by atoms with E-state index in [1.54, 1.807) is 7.11 Å². The molecular weight excluding hydrogens is 180 g/mol. The molecule has 0 aromatic carbocycles. The topological polar surface area (TPSA) is 64.3 Å². The van der Waals surface area contributed by atoms with Gasteiger partial charge in [-0.3, -0.25) is 4.79 Å². The highest BCUT2D eigenvalue weighted by molar-refractivity contribution is 5.75. The molecule has 4 heteroatoms. The smallest absolute Gasteiger partial charge is 0.220 e. The Balaban J connectivity index is 1.93. The van der Waals surface area contributed by atoms with Gasteiger partial charge in [0.2, 0.25) is 5.91 Å². The number of hydrogen-bond acceptors (Lipinski definition) is 3. The standard InChI is InChI=1S/C10H20N2O2/c1-14-4-2-3-10(13)12-7-8-5-9(11)6-8/h8-9H,2-7,11H2,1H3,(H,12,13). The largest absolute Gasteiger partial charge is 0.385 e. The highest BCUT2D eigenvalue weighted by Crippen LogP contribution is 2.24. The maximum Gasteiger partial charge on any atom is 0.220 e. The minimum absolute atomic E-state index is 0.127. The molecule has 0 aromatic rings. The van der Waals surface area contributed by atoms with E-state index in [-0.39, 0.29) is 5.91 Å². The first-order valence-corrected chi connectivity index (χ1v) is 5.23. The Morgan fingerprint density at radius 1 is 1.57 bits per heavy atom. The highest BCUT2D eigenvalue weighted by Gasteiger charge is 2.25. The monoisotopic (exact) mass is 200 g/mol. The third kappa shape index (κ3) is 4.07. The maximum atomic E-state index is 11.2. The van der Waals surface area contributed by atoms with Crippen LogP contribution >= 0.6 is 0 Å². The van der Waals surface area contributed by atoms with Crippen molar-refractivity contribution in [2.45, 2.75) is 31.7 Å². The van der Waals surface area contributed by atoms with Gasteiger partial charge in [-0.1, -0.05) is 0 Å². The maximum absolute atomic E-state index is 11.2. The summed E-state index contributed by atoms with van der Waals surface area (Å²) in [5.41, 5.74) is 5.64. The Morgan fingerprint density at radius 2 is 2.29 bits per heavy atom. The molecule has 1 aliphatic carbocycles. The van der Waals surface area contributed by atoms with Gasteiger partial charge in [-0.2, -0.15) is 0 Å². The van der Waals surface area contributed by atoms with Crippen molar-refractivity contribution in [3.05, 3.63) is 0 Å². The molecule has 1 fully saturated rings. The van der Waals surface area contributed by atoms with Crippen LogP contribution in [0.25, 0.3) is 0 Å². The first kappa shape index (κ1) is 11.5. The lowest BCUT2D eigenvalue weighted by atomic mass is 9.81. The molecule has 1 saturated carbocycles. The van der Waals surface area contributed by atoms with Crippen molar-refractivity contribution in [2.75, 3.05) is 20.3 Å². The van der Waals surface area contributed by atoms with Crippen LogP contribution in [0, 0.1) is 5.92 Å². The Bertz CT molecular complexity index is 179. The van der Waals surface area contributed by atoms with Crippen molar-refractivity contribution in [3.63, 3.8) is 0 Å². The lowest BCUT2D eigenvalue weighted by molar-refractivity contribution is -0.121. The van der Waals surface area contributed by atoms with Crippen LogP contribution in [0.3, 0.4) is 0 Å². The second-order valence-electron chi connectivity index (χ2n) is 4.00. The number of nitrogens with two attached hydrogens (primary N) is 1. The summed E-state index contributed by atoms with van der Waals surface area (Å²) in [6.45, 7) is 1.45. The van der Waals surface area contributed by atoms with E-state index in [9.17, 15) is 4.79 Å². The summed E-state index contributed by atoms with van der Waals surface area (Å²) >= 11 is 0. The van der Waals surface area contributed by atoms with Crippen molar-refractivity contribution in [1.29, 1.82) is 0 Å². The van der Waals surface area contributed by atoms with Crippen molar-refractivity contribution >= 4 is 5.91 Å². The first-order valence-electron chi connectivity index (χ1n) is 5.23. The van der Waals surface area contributed by atoms with E-state index in [1.165, 1.54) is 0 Å². The normalized spacial score (nSPS) is 25.6. The number of rotatable bonds is 6. The van der Waals surface area contributed by atoms with Crippen LogP contribution in [0.1, 0.15) is 25.7 Å². The highest BCUT2D eigenvalue weighted by atomic mass is 16.5. The van der Waals surface area contributed by atoms with E-state index >= 15 is 0 Å². The molecule has 1 aliphatic rings. The zero-order valence-electron chi connectivity index (χ0n) is 8.79. The summed E-state index contributed by atoms with van der Waals surface area (Å²) in [6, 6.07) is 0.366. The molecule has 0 unspecified atom stereocenters. The number of nitrogens with one attached hydrogen (secondary N) is 1. The van der Waals surface area contributed by atoms with Gasteiger partial charge in [-0.15, -0.1) is 0 Å². The average molecular weight is 200 g/mol. The fourth-order valence-corrected chi connectivity index (χ4v) is 1.68. The molecule has 1 rings (SSSR count). The van der Waals surface area contributed by atoms with Crippen LogP contribution in [0.4, 0.5) is 0 Å². The number of carbonyl (C=O) groups excluding carboxylic acids is 1. The van der Waals surface area contributed by atoms with E-state index in [0.717, 1.165) is 25.8 Å². The van der Waals surface area contributed by atoms with E-state index < -0.39 is 0 Å². The second-order valence-corrected chi connectivity index (χ2v) is 4.00. The van der Waals surface area contributed by atoms with Crippen LogP contribution in [-0.4, -0.2) is 32.2 Å². The van der Waals surface area contributed by atoms with E-state index in [1.807, 2.05) is 0 Å². The van der Waals surface area contributed by atoms with E-state index in [2.05, 4.69) is 5.32 Å². The minimum Gasteiger partial charge on any atom is -0.385 e. The average Bonchev–Trinajstić information content (AvgIpc) is 2.11. The van der Waals surface area contributed by atoms with Crippen LogP contribution in [0.2, 0.25) is 0 Å². The van der Waals surface area contributed by atoms with Gasteiger partial charge in [-0.05, 0) is 25.2 Å². The SMILES string of the molecule is COCCCC(=O)NCC1CC(N)C1. The van der Waals surface area contributed by atoms with Gasteiger partial charge < -0.3 is 15.8 Å². The fourth-order valence-electron chi connectivity index (χ4n) is 1.68. The second kappa shape index (κ2) is 5.98. The molecule has 3 N–H and O–H groups in total. The number of ether oxygens (including phenoxy) is 1. The zero-order valence-corrected chi connectivity index (χ0v) is 8.79. The number of carbonyl (C=O) groups is 1. The van der Waals surface area contributed by atoms with Crippen LogP contribution in [0.5, 0.6) is 0 Å². The molecule has 0 heterocycles. The van der Waals surface area contributed by atoms with Gasteiger partial charge in [0, 0.05) is 32.7 Å². The Kier molecular flexibility index (Phi) is 4.90. The Hall–Kier alpha value is -0.610. The van der Waals surface area contributed by atoms with Crippen molar-refractivity contribution < 1.29 is 9.53 Å². The summed E-state index contributed by atoms with van der Waals surface area (Å²) in [7, 11) is 1.65. The summed E-state index contributed by atoms with van der Waals surface area (Å²) in [6.07, 6.45) is 3.47. The molecule has 0 aliphatic heterocycles. The first-order chi connectivity index (χ1) is 6.72. The molecule has 14 heavy (non-hydrogen) atoms. The predicted molar refractivity (Wildman–Crippen MR) is 54.8 cm³/mol. The van der Waals surface area contributed by atoms with Crippen molar-refractivity contribution in [3.8, 4) is 0 Å². The zero-order chi connectivity index (χ0) is 10.4. The van der Waals surface area contributed by atoms with Gasteiger partial charge in [0.15, 0.2) is 0 Å². The van der Waals surface area contributed by atoms with Crippen molar-refractivity contribution in [1.82, 2.24) is 5.32 Å². The van der Waals surface area contributed by atoms with Crippen LogP contribution in [-0.2, 0) is 9.53 Å². The molecule has 0 aromatic heterocycles. The quantitative estimate of drug-likeness (QED) is 0.605. The summed E-state index contributed by atoms with van der Waals surface area (Å²) in [5, 5.41) is 2.91. The molecular formula is C10H20N2O2. The third-order valence-corrected chi connectivity index (χ3v) is 2.61. The number of hydrogen-bond donors (Lipinski definition) is 2. The van der Waals surface area contributed by atoms with Gasteiger partial charge >= 0.3 is 0 Å². The lowest BCUT2D eigenvalue weighted by Gasteiger charge is -2.32.